The van der Waals surface area contributed by atoms with E-state index in [-0.39, 0.29) is 18.9 Å². The molecule has 0 bridgehead atoms. The molecule has 12 N–H and O–H groups in total. The number of hydrogen-bond donors (Lipinski definition) is 12. The van der Waals surface area contributed by atoms with E-state index in [0.29, 0.717) is 6.42 Å². The van der Waals surface area contributed by atoms with E-state index in [9.17, 15) is 61.0 Å². The Balaban J connectivity index is 1.51. The average Bonchev–Trinajstić information content (AvgIpc) is 3.37. The number of carbonyl (C=O) groups is 1. The quantitative estimate of drug-likeness (QED) is 0.0309. The Morgan fingerprint density at radius 2 is 0.861 bits per heavy atom. The zero-order chi connectivity index (χ0) is 52.7. The first kappa shape index (κ1) is 64.8. The maximum absolute atomic E-state index is 13.2. The van der Waals surface area contributed by atoms with Crippen molar-refractivity contribution in [3.05, 3.63) is 12.2 Å². The molecule has 3 aliphatic heterocycles. The molecule has 3 rings (SSSR count). The molecule has 3 heterocycles. The van der Waals surface area contributed by atoms with Crippen molar-refractivity contribution < 1.29 is 89.4 Å². The summed E-state index contributed by atoms with van der Waals surface area (Å²) in [5, 5.41) is 120. The number of carbonyl (C=O) groups excluding carboxylic acids is 1. The molecule has 0 aromatic heterocycles. The SMILES string of the molecule is CCCCCCCCCC/C=C/C(O)C(COC1OC(CO)C(OC2OC(CO)C(OC3OC(CO)C(O)C(O)C3O)C(O)C2O)C(O)C1O)NC(=O)CCCCCCCCCCCCCCCCCCC. The Bertz CT molecular complexity index is 1380. The molecule has 0 aromatic carbocycles. The van der Waals surface area contributed by atoms with E-state index >= 15 is 0 Å². The van der Waals surface area contributed by atoms with Crippen LogP contribution in [-0.4, -0.2) is 193 Å². The van der Waals surface area contributed by atoms with Crippen molar-refractivity contribution >= 4 is 5.91 Å². The summed E-state index contributed by atoms with van der Waals surface area (Å²) in [6, 6.07) is -0.964. The Hall–Kier alpha value is -1.47. The summed E-state index contributed by atoms with van der Waals surface area (Å²) < 4.78 is 34.1. The van der Waals surface area contributed by atoms with Gasteiger partial charge in [-0.15, -0.1) is 0 Å². The maximum Gasteiger partial charge on any atom is 0.220 e. The van der Waals surface area contributed by atoms with Crippen molar-refractivity contribution in [2.45, 2.75) is 291 Å². The first-order valence-corrected chi connectivity index (χ1v) is 27.9. The number of hydrogen-bond acceptors (Lipinski definition) is 18. The Kier molecular flexibility index (Phi) is 34.3. The van der Waals surface area contributed by atoms with Crippen LogP contribution in [0.5, 0.6) is 0 Å². The third-order valence-corrected chi connectivity index (χ3v) is 14.3. The van der Waals surface area contributed by atoms with Crippen LogP contribution in [0.4, 0.5) is 0 Å². The summed E-state index contributed by atoms with van der Waals surface area (Å²) in [7, 11) is 0. The highest BCUT2D eigenvalue weighted by Gasteiger charge is 2.53. The van der Waals surface area contributed by atoms with Crippen LogP contribution in [0.15, 0.2) is 12.2 Å². The number of rotatable bonds is 40. The van der Waals surface area contributed by atoms with Crippen LogP contribution in [0.25, 0.3) is 0 Å². The van der Waals surface area contributed by atoms with Crippen LogP contribution >= 0.6 is 0 Å². The van der Waals surface area contributed by atoms with Gasteiger partial charge in [0.1, 0.15) is 73.2 Å². The second kappa shape index (κ2) is 38.1. The normalized spacial score (nSPS) is 32.0. The fourth-order valence-electron chi connectivity index (χ4n) is 9.66. The molecule has 19 nitrogen and oxygen atoms in total. The van der Waals surface area contributed by atoms with Gasteiger partial charge in [-0.05, 0) is 19.3 Å². The molecule has 72 heavy (non-hydrogen) atoms. The first-order chi connectivity index (χ1) is 34.8. The van der Waals surface area contributed by atoms with Crippen LogP contribution in [0.3, 0.4) is 0 Å². The van der Waals surface area contributed by atoms with Crippen molar-refractivity contribution in [1.82, 2.24) is 5.32 Å². The van der Waals surface area contributed by atoms with Crippen molar-refractivity contribution in [2.75, 3.05) is 26.4 Å². The molecular formula is C53H99NO18. The fourth-order valence-corrected chi connectivity index (χ4v) is 9.66. The molecule has 0 aromatic rings. The molecule has 19 heteroatoms. The molecule has 17 atom stereocenters. The van der Waals surface area contributed by atoms with Gasteiger partial charge in [0.25, 0.3) is 0 Å². The van der Waals surface area contributed by atoms with E-state index in [1.54, 1.807) is 6.08 Å². The second-order valence-corrected chi connectivity index (χ2v) is 20.4. The van der Waals surface area contributed by atoms with Crippen molar-refractivity contribution in [3.63, 3.8) is 0 Å². The Morgan fingerprint density at radius 3 is 1.31 bits per heavy atom. The smallest absolute Gasteiger partial charge is 0.220 e. The van der Waals surface area contributed by atoms with E-state index in [0.717, 1.165) is 44.9 Å². The molecule has 0 aliphatic carbocycles. The predicted molar refractivity (Wildman–Crippen MR) is 268 cm³/mol. The third kappa shape index (κ3) is 23.0. The highest BCUT2D eigenvalue weighted by atomic mass is 16.8. The summed E-state index contributed by atoms with van der Waals surface area (Å²) in [6.45, 7) is 1.69. The largest absolute Gasteiger partial charge is 0.394 e. The molecule has 3 saturated heterocycles. The summed E-state index contributed by atoms with van der Waals surface area (Å²) in [5.74, 6) is -0.276. The number of aliphatic hydroxyl groups excluding tert-OH is 11. The average molecular weight is 1040 g/mol. The molecule has 0 saturated carbocycles. The topological polar surface area (TPSA) is 307 Å². The van der Waals surface area contributed by atoms with Gasteiger partial charge in [-0.25, -0.2) is 0 Å². The van der Waals surface area contributed by atoms with Crippen molar-refractivity contribution in [2.24, 2.45) is 0 Å². The highest BCUT2D eigenvalue weighted by molar-refractivity contribution is 5.76. The Morgan fingerprint density at radius 1 is 0.486 bits per heavy atom. The number of nitrogens with one attached hydrogen (secondary N) is 1. The fraction of sp³-hybridized carbons (Fsp3) is 0.943. The van der Waals surface area contributed by atoms with Crippen LogP contribution in [0, 0.1) is 0 Å². The van der Waals surface area contributed by atoms with E-state index in [2.05, 4.69) is 19.2 Å². The summed E-state index contributed by atoms with van der Waals surface area (Å²) in [5.41, 5.74) is 0. The van der Waals surface area contributed by atoms with Crippen molar-refractivity contribution in [1.29, 1.82) is 0 Å². The van der Waals surface area contributed by atoms with Crippen LogP contribution in [-0.2, 0) is 33.2 Å². The lowest BCUT2D eigenvalue weighted by atomic mass is 9.96. The standard InChI is InChI=1S/C53H99NO18/c1-3-5-7-9-11-13-15-16-17-18-19-20-21-23-25-27-29-31-41(59)54-36(37(58)30-28-26-24-22-14-12-10-8-6-4-2)35-67-51-47(65)44(62)49(39(33-56)69-51)72-53-48(66)45(63)50(40(34-57)70-53)71-52-46(64)43(61)42(60)38(32-55)68-52/h28,30,36-40,42-53,55-58,60-66H,3-27,29,31-35H2,1-2H3,(H,54,59)/b30-28+. The second-order valence-electron chi connectivity index (χ2n) is 20.4. The van der Waals surface area contributed by atoms with E-state index in [4.69, 9.17) is 28.4 Å². The maximum atomic E-state index is 13.2. The summed E-state index contributed by atoms with van der Waals surface area (Å²) in [6.07, 6.45) is 7.85. The molecule has 17 unspecified atom stereocenters. The van der Waals surface area contributed by atoms with Gasteiger partial charge in [0.05, 0.1) is 38.6 Å². The minimum atomic E-state index is -1.97. The molecule has 0 spiro atoms. The Labute approximate surface area is 429 Å². The number of unbranched alkanes of at least 4 members (excludes halogenated alkanes) is 24. The molecule has 3 aliphatic rings. The number of ether oxygens (including phenoxy) is 6. The van der Waals surface area contributed by atoms with Gasteiger partial charge < -0.3 is 89.9 Å². The van der Waals surface area contributed by atoms with Gasteiger partial charge in [0, 0.05) is 6.42 Å². The summed E-state index contributed by atoms with van der Waals surface area (Å²) in [4.78, 5) is 13.2. The van der Waals surface area contributed by atoms with E-state index in [1.165, 1.54) is 116 Å². The molecule has 424 valence electrons. The molecule has 3 fully saturated rings. The summed E-state index contributed by atoms with van der Waals surface area (Å²) >= 11 is 0. The van der Waals surface area contributed by atoms with Crippen LogP contribution < -0.4 is 5.32 Å². The zero-order valence-corrected chi connectivity index (χ0v) is 43.7. The van der Waals surface area contributed by atoms with Gasteiger partial charge in [-0.2, -0.15) is 0 Å². The third-order valence-electron chi connectivity index (χ3n) is 14.3. The minimum Gasteiger partial charge on any atom is -0.394 e. The van der Waals surface area contributed by atoms with Gasteiger partial charge >= 0.3 is 0 Å². The van der Waals surface area contributed by atoms with Gasteiger partial charge in [0.2, 0.25) is 5.91 Å². The van der Waals surface area contributed by atoms with Gasteiger partial charge in [-0.3, -0.25) is 4.79 Å². The van der Waals surface area contributed by atoms with E-state index < -0.39 is 124 Å². The number of allylic oxidation sites excluding steroid dienone is 1. The highest BCUT2D eigenvalue weighted by Crippen LogP contribution is 2.33. The van der Waals surface area contributed by atoms with Crippen LogP contribution in [0.1, 0.15) is 187 Å². The lowest BCUT2D eigenvalue weighted by Crippen LogP contribution is -2.66. The molecule has 0 radical (unpaired) electrons. The predicted octanol–water partition coefficient (Wildman–Crippen LogP) is 3.43. The van der Waals surface area contributed by atoms with Gasteiger partial charge in [0.15, 0.2) is 18.9 Å². The van der Waals surface area contributed by atoms with E-state index in [1.807, 2.05) is 6.08 Å². The minimum absolute atomic E-state index is 0.248. The van der Waals surface area contributed by atoms with Crippen LogP contribution in [0.2, 0.25) is 0 Å². The molecule has 1 amide bonds. The van der Waals surface area contributed by atoms with Gasteiger partial charge in [-0.1, -0.05) is 174 Å². The number of aliphatic hydroxyl groups is 11. The zero-order valence-electron chi connectivity index (χ0n) is 43.7. The monoisotopic (exact) mass is 1040 g/mol. The lowest BCUT2D eigenvalue weighted by molar-refractivity contribution is -0.379. The lowest BCUT2D eigenvalue weighted by Gasteiger charge is -2.48. The number of amides is 1. The van der Waals surface area contributed by atoms with Crippen molar-refractivity contribution in [3.8, 4) is 0 Å². The molecular weight excluding hydrogens is 939 g/mol. The first-order valence-electron chi connectivity index (χ1n) is 27.9.